The van der Waals surface area contributed by atoms with Gasteiger partial charge in [0.1, 0.15) is 5.75 Å². The third-order valence-corrected chi connectivity index (χ3v) is 6.04. The van der Waals surface area contributed by atoms with Gasteiger partial charge in [0.25, 0.3) is 0 Å². The van der Waals surface area contributed by atoms with Gasteiger partial charge in [-0.1, -0.05) is 72.8 Å². The van der Waals surface area contributed by atoms with Gasteiger partial charge >= 0.3 is 5.97 Å². The van der Waals surface area contributed by atoms with Crippen LogP contribution < -0.4 is 4.74 Å². The van der Waals surface area contributed by atoms with Crippen LogP contribution in [0, 0.1) is 0 Å². The summed E-state index contributed by atoms with van der Waals surface area (Å²) in [6, 6.07) is 15.6. The van der Waals surface area contributed by atoms with E-state index >= 15 is 0 Å². The van der Waals surface area contributed by atoms with Crippen LogP contribution in [0.15, 0.2) is 48.5 Å². The molecule has 180 valence electrons. The van der Waals surface area contributed by atoms with Crippen molar-refractivity contribution in [2.24, 2.45) is 0 Å². The number of hydrogen-bond acceptors (Lipinski definition) is 4. The van der Waals surface area contributed by atoms with E-state index in [1.54, 1.807) is 6.92 Å². The first-order valence-electron chi connectivity index (χ1n) is 11.0. The molecule has 7 heteroatoms. The predicted molar refractivity (Wildman–Crippen MR) is 144 cm³/mol. The third-order valence-electron chi connectivity index (χ3n) is 4.27. The molecule has 2 rings (SSSR count). The largest absolute Gasteiger partial charge is 0.494 e. The molecule has 1 unspecified atom stereocenters. The second kappa shape index (κ2) is 19.3. The van der Waals surface area contributed by atoms with E-state index in [1.807, 2.05) is 81.2 Å². The third kappa shape index (κ3) is 11.6. The minimum absolute atomic E-state index is 0.503. The standard InChI is InChI=1S/C22H29O5P.C2H6.CH3I/c1-4-26-28(27-5-2)16-6-15-25-21-13-11-20(12-14-21)19-9-7-18(8-10-19)17(3)22(23)24;2*1-2/h7-14,17H,4-6,15-16H2,1-3H3,(H,23,24);1-2H3;1H3. The van der Waals surface area contributed by atoms with Gasteiger partial charge in [-0.25, -0.2) is 0 Å². The molecule has 0 bridgehead atoms. The van der Waals surface area contributed by atoms with Gasteiger partial charge in [-0.2, -0.15) is 0 Å². The molecule has 0 spiro atoms. The molecule has 32 heavy (non-hydrogen) atoms. The van der Waals surface area contributed by atoms with E-state index in [0.717, 1.165) is 35.0 Å². The van der Waals surface area contributed by atoms with Gasteiger partial charge in [0, 0.05) is 6.16 Å². The van der Waals surface area contributed by atoms with Crippen molar-refractivity contribution in [3.05, 3.63) is 54.1 Å². The fraction of sp³-hybridized carbons (Fsp3) is 0.480. The highest BCUT2D eigenvalue weighted by atomic mass is 127. The number of carbonyl (C=O) groups is 1. The van der Waals surface area contributed by atoms with E-state index in [1.165, 1.54) is 0 Å². The Balaban J connectivity index is 0.00000227. The topological polar surface area (TPSA) is 65.0 Å². The number of hydrogen-bond donors (Lipinski definition) is 1. The Morgan fingerprint density at radius 3 is 1.84 bits per heavy atom. The molecule has 2 aromatic carbocycles. The van der Waals surface area contributed by atoms with Crippen LogP contribution in [0.25, 0.3) is 11.1 Å². The maximum absolute atomic E-state index is 11.1. The molecule has 0 aliphatic heterocycles. The van der Waals surface area contributed by atoms with Gasteiger partial charge in [0.2, 0.25) is 0 Å². The molecule has 1 atom stereocenters. The maximum atomic E-state index is 11.1. The van der Waals surface area contributed by atoms with Crippen molar-refractivity contribution in [3.63, 3.8) is 0 Å². The van der Waals surface area contributed by atoms with E-state index in [0.29, 0.717) is 19.8 Å². The molecule has 0 amide bonds. The fourth-order valence-electron chi connectivity index (χ4n) is 2.69. The predicted octanol–water partition coefficient (Wildman–Crippen LogP) is 7.77. The number of ether oxygens (including phenoxy) is 1. The van der Waals surface area contributed by atoms with Crippen LogP contribution >= 0.6 is 31.0 Å². The molecule has 0 heterocycles. The van der Waals surface area contributed by atoms with Crippen molar-refractivity contribution in [2.45, 2.75) is 47.0 Å². The van der Waals surface area contributed by atoms with E-state index < -0.39 is 20.3 Å². The Kier molecular flexibility index (Phi) is 18.5. The lowest BCUT2D eigenvalue weighted by Crippen LogP contribution is -2.06. The Hall–Kier alpha value is -1.21. The van der Waals surface area contributed by atoms with Gasteiger partial charge < -0.3 is 18.9 Å². The number of benzene rings is 2. The van der Waals surface area contributed by atoms with Crippen molar-refractivity contribution in [1.29, 1.82) is 0 Å². The van der Waals surface area contributed by atoms with Gasteiger partial charge in [0.05, 0.1) is 25.7 Å². The molecule has 0 radical (unpaired) electrons. The van der Waals surface area contributed by atoms with Crippen molar-refractivity contribution in [2.75, 3.05) is 30.9 Å². The second-order valence-corrected chi connectivity index (χ2v) is 7.93. The lowest BCUT2D eigenvalue weighted by Gasteiger charge is -2.15. The molecular formula is C25H38IO5P. The average Bonchev–Trinajstić information content (AvgIpc) is 2.84. The van der Waals surface area contributed by atoms with E-state index in [2.05, 4.69) is 22.6 Å². The Morgan fingerprint density at radius 1 is 0.938 bits per heavy atom. The smallest absolute Gasteiger partial charge is 0.310 e. The number of aliphatic carboxylic acids is 1. The van der Waals surface area contributed by atoms with E-state index in [9.17, 15) is 4.79 Å². The average molecular weight is 576 g/mol. The van der Waals surface area contributed by atoms with Crippen LogP contribution in [0.2, 0.25) is 0 Å². The summed E-state index contributed by atoms with van der Waals surface area (Å²) in [5.74, 6) is -0.488. The lowest BCUT2D eigenvalue weighted by atomic mass is 9.98. The van der Waals surface area contributed by atoms with Gasteiger partial charge in [-0.15, -0.1) is 0 Å². The van der Waals surface area contributed by atoms with Crippen LogP contribution in [0.1, 0.15) is 52.5 Å². The van der Waals surface area contributed by atoms with E-state index in [4.69, 9.17) is 18.9 Å². The number of carboxylic acids is 1. The summed E-state index contributed by atoms with van der Waals surface area (Å²) in [7, 11) is -0.805. The molecule has 0 aromatic heterocycles. The molecular weight excluding hydrogens is 538 g/mol. The van der Waals surface area contributed by atoms with Crippen LogP contribution in [-0.2, 0) is 13.8 Å². The van der Waals surface area contributed by atoms with Gasteiger partial charge in [0.15, 0.2) is 8.38 Å². The summed E-state index contributed by atoms with van der Waals surface area (Å²) in [6.45, 7) is 11.6. The highest BCUT2D eigenvalue weighted by molar-refractivity contribution is 14.1. The molecule has 0 fully saturated rings. The Bertz CT molecular complexity index is 716. The van der Waals surface area contributed by atoms with Gasteiger partial charge in [-0.05, 0) is 60.9 Å². The zero-order valence-electron chi connectivity index (χ0n) is 20.1. The summed E-state index contributed by atoms with van der Waals surface area (Å²) in [5.41, 5.74) is 2.92. The zero-order chi connectivity index (χ0) is 24.4. The highest BCUT2D eigenvalue weighted by Gasteiger charge is 2.13. The molecule has 5 nitrogen and oxygen atoms in total. The van der Waals surface area contributed by atoms with Crippen LogP contribution in [-0.4, -0.2) is 42.0 Å². The quantitative estimate of drug-likeness (QED) is 0.121. The summed E-state index contributed by atoms with van der Waals surface area (Å²) >= 11 is 2.15. The molecule has 0 aliphatic rings. The monoisotopic (exact) mass is 576 g/mol. The van der Waals surface area contributed by atoms with Crippen LogP contribution in [0.4, 0.5) is 0 Å². The Labute approximate surface area is 208 Å². The van der Waals surface area contributed by atoms with E-state index in [-0.39, 0.29) is 0 Å². The summed E-state index contributed by atoms with van der Waals surface area (Å²) in [4.78, 5) is 13.0. The minimum atomic E-state index is -0.815. The first-order valence-corrected chi connectivity index (χ1v) is 14.5. The molecule has 0 saturated carbocycles. The first-order chi connectivity index (χ1) is 15.5. The zero-order valence-corrected chi connectivity index (χ0v) is 23.2. The molecule has 2 aromatic rings. The minimum Gasteiger partial charge on any atom is -0.494 e. The van der Waals surface area contributed by atoms with Crippen LogP contribution in [0.5, 0.6) is 5.75 Å². The van der Waals surface area contributed by atoms with Crippen molar-refractivity contribution >= 4 is 36.9 Å². The molecule has 0 saturated heterocycles. The number of halogens is 1. The first kappa shape index (κ1) is 30.8. The number of rotatable bonds is 12. The van der Waals surface area contributed by atoms with Gasteiger partial charge in [-0.3, -0.25) is 4.79 Å². The van der Waals surface area contributed by atoms with Crippen molar-refractivity contribution in [1.82, 2.24) is 0 Å². The number of alkyl halides is 1. The Morgan fingerprint density at radius 2 is 1.41 bits per heavy atom. The second-order valence-electron chi connectivity index (χ2n) is 6.30. The fourth-order valence-corrected chi connectivity index (χ4v) is 3.98. The maximum Gasteiger partial charge on any atom is 0.310 e. The summed E-state index contributed by atoms with van der Waals surface area (Å²) < 4.78 is 17.0. The highest BCUT2D eigenvalue weighted by Crippen LogP contribution is 2.38. The van der Waals surface area contributed by atoms with Crippen molar-refractivity contribution < 1.29 is 23.7 Å². The molecule has 0 aliphatic carbocycles. The number of carboxylic acid groups (broad SMARTS) is 1. The summed E-state index contributed by atoms with van der Waals surface area (Å²) in [6.07, 6.45) is 1.76. The lowest BCUT2D eigenvalue weighted by molar-refractivity contribution is -0.138. The SMILES string of the molecule is CC.CCOP(CCCOc1ccc(-c2ccc(C(C)C(=O)O)cc2)cc1)OCC.CI. The van der Waals surface area contributed by atoms with Crippen molar-refractivity contribution in [3.8, 4) is 16.9 Å². The van der Waals surface area contributed by atoms with Crippen LogP contribution in [0.3, 0.4) is 0 Å². The molecule has 1 N–H and O–H groups in total. The normalized spacial score (nSPS) is 11.0. The summed E-state index contributed by atoms with van der Waals surface area (Å²) in [5, 5.41) is 9.10.